The van der Waals surface area contributed by atoms with Crippen molar-refractivity contribution in [1.82, 2.24) is 23.1 Å². The van der Waals surface area contributed by atoms with Crippen LogP contribution in [0, 0.1) is 11.8 Å². The summed E-state index contributed by atoms with van der Waals surface area (Å²) in [5.41, 5.74) is 1.09. The van der Waals surface area contributed by atoms with Crippen LogP contribution in [0.2, 0.25) is 0 Å². The third kappa shape index (κ3) is 3.54. The zero-order valence-electron chi connectivity index (χ0n) is 15.8. The number of aromatic nitrogens is 2. The van der Waals surface area contributed by atoms with E-state index in [1.165, 1.54) is 4.31 Å². The molecule has 0 amide bonds. The van der Waals surface area contributed by atoms with Crippen molar-refractivity contribution in [1.29, 1.82) is 0 Å². The van der Waals surface area contributed by atoms with Crippen molar-refractivity contribution in [3.63, 3.8) is 0 Å². The molecule has 3 heterocycles. The Morgan fingerprint density at radius 2 is 1.89 bits per heavy atom. The molecule has 8 heteroatoms. The molecule has 2 fully saturated rings. The maximum atomic E-state index is 12.9. The van der Waals surface area contributed by atoms with Crippen LogP contribution < -0.4 is 0 Å². The highest BCUT2D eigenvalue weighted by molar-refractivity contribution is 7.86. The normalized spacial score (nSPS) is 26.7. The lowest BCUT2D eigenvalue weighted by molar-refractivity contribution is 0.253. The summed E-state index contributed by atoms with van der Waals surface area (Å²) in [4.78, 5) is 6.56. The summed E-state index contributed by atoms with van der Waals surface area (Å²) < 4.78 is 31.0. The second-order valence-electron chi connectivity index (χ2n) is 7.70. The minimum absolute atomic E-state index is 0.0955. The largest absolute Gasteiger partial charge is 0.336 e. The van der Waals surface area contributed by atoms with Crippen LogP contribution in [-0.4, -0.2) is 71.8 Å². The Hall–Kier alpha value is -1.74. The number of imidazole rings is 1. The minimum Gasteiger partial charge on any atom is -0.336 e. The van der Waals surface area contributed by atoms with Gasteiger partial charge in [0.25, 0.3) is 10.2 Å². The monoisotopic (exact) mass is 389 g/mol. The average Bonchev–Trinajstić information content (AvgIpc) is 3.36. The second-order valence-corrected chi connectivity index (χ2v) is 9.79. The van der Waals surface area contributed by atoms with Crippen molar-refractivity contribution in [2.45, 2.75) is 12.6 Å². The number of rotatable bonds is 6. The first-order chi connectivity index (χ1) is 13.0. The first-order valence-corrected chi connectivity index (χ1v) is 10.8. The third-order valence-corrected chi connectivity index (χ3v) is 7.72. The molecule has 2 saturated heterocycles. The van der Waals surface area contributed by atoms with Crippen LogP contribution in [-0.2, 0) is 16.8 Å². The van der Waals surface area contributed by atoms with Crippen LogP contribution in [0.1, 0.15) is 11.6 Å². The summed E-state index contributed by atoms with van der Waals surface area (Å²) in [6.45, 7) is 4.34. The van der Waals surface area contributed by atoms with Gasteiger partial charge >= 0.3 is 0 Å². The highest BCUT2D eigenvalue weighted by Crippen LogP contribution is 2.46. The number of likely N-dealkylation sites (tertiary alicyclic amines) is 1. The number of fused-ring (bicyclic) bond motifs is 1. The number of hydrogen-bond donors (Lipinski definition) is 0. The smallest absolute Gasteiger partial charge is 0.282 e. The van der Waals surface area contributed by atoms with E-state index in [2.05, 4.69) is 26.6 Å². The van der Waals surface area contributed by atoms with Gasteiger partial charge in [0, 0.05) is 59.2 Å². The number of nitrogens with zero attached hydrogens (tertiary/aromatic N) is 5. The highest BCUT2D eigenvalue weighted by atomic mass is 32.2. The molecule has 4 rings (SSSR count). The summed E-state index contributed by atoms with van der Waals surface area (Å²) >= 11 is 0. The lowest BCUT2D eigenvalue weighted by atomic mass is 9.90. The molecule has 0 spiro atoms. The van der Waals surface area contributed by atoms with E-state index < -0.39 is 10.2 Å². The van der Waals surface area contributed by atoms with Crippen LogP contribution >= 0.6 is 0 Å². The maximum Gasteiger partial charge on any atom is 0.282 e. The van der Waals surface area contributed by atoms with E-state index in [0.29, 0.717) is 18.4 Å². The maximum absolute atomic E-state index is 12.9. The average molecular weight is 390 g/mol. The van der Waals surface area contributed by atoms with Crippen LogP contribution in [0.3, 0.4) is 0 Å². The standard InChI is InChI=1S/C19H27N5O2S/c1-21(2)27(25,26)24-13-17-12-23(11-10-22-9-8-20-15-22)14-18(17)19(24)16-6-4-3-5-7-16/h3-9,15,17-19H,10-14H2,1-2H3/t17-,18-,19+/m0/s1. The topological polar surface area (TPSA) is 61.7 Å². The van der Waals surface area contributed by atoms with Gasteiger partial charge in [-0.3, -0.25) is 0 Å². The van der Waals surface area contributed by atoms with E-state index >= 15 is 0 Å². The Kier molecular flexibility index (Phi) is 5.07. The molecule has 0 N–H and O–H groups in total. The molecular formula is C19H27N5O2S. The molecule has 3 atom stereocenters. The molecule has 2 aromatic rings. The predicted octanol–water partition coefficient (Wildman–Crippen LogP) is 1.29. The van der Waals surface area contributed by atoms with Gasteiger partial charge in [-0.1, -0.05) is 30.3 Å². The molecule has 146 valence electrons. The summed E-state index contributed by atoms with van der Waals surface area (Å²) in [5, 5.41) is 0. The van der Waals surface area contributed by atoms with E-state index in [0.717, 1.165) is 31.7 Å². The van der Waals surface area contributed by atoms with Crippen molar-refractivity contribution in [3.8, 4) is 0 Å². The molecule has 2 aliphatic rings. The molecule has 0 saturated carbocycles. The van der Waals surface area contributed by atoms with Crippen molar-refractivity contribution in [2.75, 3.05) is 40.3 Å². The molecule has 0 aliphatic carbocycles. The molecule has 0 unspecified atom stereocenters. The Labute approximate surface area is 161 Å². The van der Waals surface area contributed by atoms with Gasteiger partial charge in [0.15, 0.2) is 0 Å². The van der Waals surface area contributed by atoms with Crippen LogP contribution in [0.15, 0.2) is 49.1 Å². The molecule has 0 radical (unpaired) electrons. The van der Waals surface area contributed by atoms with Crippen LogP contribution in [0.25, 0.3) is 0 Å². The zero-order chi connectivity index (χ0) is 19.0. The van der Waals surface area contributed by atoms with Crippen molar-refractivity contribution >= 4 is 10.2 Å². The lowest BCUT2D eigenvalue weighted by Gasteiger charge is -2.31. The Morgan fingerprint density at radius 1 is 1.11 bits per heavy atom. The van der Waals surface area contributed by atoms with E-state index in [9.17, 15) is 8.42 Å². The van der Waals surface area contributed by atoms with Gasteiger partial charge in [-0.25, -0.2) is 4.98 Å². The zero-order valence-corrected chi connectivity index (χ0v) is 16.7. The number of hydrogen-bond acceptors (Lipinski definition) is 4. The predicted molar refractivity (Wildman–Crippen MR) is 104 cm³/mol. The molecule has 1 aromatic heterocycles. The lowest BCUT2D eigenvalue weighted by Crippen LogP contribution is -2.42. The molecule has 7 nitrogen and oxygen atoms in total. The fourth-order valence-corrected chi connectivity index (χ4v) is 5.83. The Balaban J connectivity index is 1.54. The first-order valence-electron chi connectivity index (χ1n) is 9.39. The van der Waals surface area contributed by atoms with E-state index in [-0.39, 0.29) is 6.04 Å². The molecule has 0 bridgehead atoms. The van der Waals surface area contributed by atoms with Gasteiger partial charge in [0.1, 0.15) is 0 Å². The van der Waals surface area contributed by atoms with E-state index in [1.807, 2.05) is 30.7 Å². The van der Waals surface area contributed by atoms with Crippen LogP contribution in [0.5, 0.6) is 0 Å². The molecule has 2 aliphatic heterocycles. The summed E-state index contributed by atoms with van der Waals surface area (Å²) in [6, 6.07) is 9.98. The molecule has 1 aromatic carbocycles. The van der Waals surface area contributed by atoms with E-state index in [1.54, 1.807) is 24.6 Å². The third-order valence-electron chi connectivity index (χ3n) is 5.83. The van der Waals surface area contributed by atoms with Gasteiger partial charge in [-0.2, -0.15) is 17.0 Å². The molecule has 27 heavy (non-hydrogen) atoms. The van der Waals surface area contributed by atoms with Gasteiger partial charge in [0.2, 0.25) is 0 Å². The van der Waals surface area contributed by atoms with Gasteiger partial charge in [0.05, 0.1) is 12.4 Å². The van der Waals surface area contributed by atoms with Crippen molar-refractivity contribution in [2.24, 2.45) is 11.8 Å². The Bertz CT molecular complexity index is 853. The summed E-state index contributed by atoms with van der Waals surface area (Å²) in [6.07, 6.45) is 5.62. The quantitative estimate of drug-likeness (QED) is 0.747. The highest BCUT2D eigenvalue weighted by Gasteiger charge is 2.51. The first kappa shape index (κ1) is 18.6. The summed E-state index contributed by atoms with van der Waals surface area (Å²) in [5.74, 6) is 0.692. The van der Waals surface area contributed by atoms with Gasteiger partial charge in [-0.15, -0.1) is 0 Å². The Morgan fingerprint density at radius 3 is 2.56 bits per heavy atom. The van der Waals surface area contributed by atoms with Gasteiger partial charge in [-0.05, 0) is 17.4 Å². The minimum atomic E-state index is -3.45. The number of benzene rings is 1. The second kappa shape index (κ2) is 7.35. The van der Waals surface area contributed by atoms with Crippen molar-refractivity contribution in [3.05, 3.63) is 54.6 Å². The van der Waals surface area contributed by atoms with Gasteiger partial charge < -0.3 is 9.47 Å². The van der Waals surface area contributed by atoms with Crippen LogP contribution in [0.4, 0.5) is 0 Å². The fraction of sp³-hybridized carbons (Fsp3) is 0.526. The van der Waals surface area contributed by atoms with E-state index in [4.69, 9.17) is 0 Å². The van der Waals surface area contributed by atoms with Crippen molar-refractivity contribution < 1.29 is 8.42 Å². The molecular weight excluding hydrogens is 362 g/mol. The SMILES string of the molecule is CN(C)S(=O)(=O)N1C[C@@H]2CN(CCn3ccnc3)C[C@@H]2[C@H]1c1ccccc1. The summed E-state index contributed by atoms with van der Waals surface area (Å²) in [7, 11) is -0.217. The fourth-order valence-electron chi connectivity index (χ4n) is 4.47.